The lowest BCUT2D eigenvalue weighted by atomic mass is 10.1. The van der Waals surface area contributed by atoms with Gasteiger partial charge in [-0.2, -0.15) is 5.26 Å². The molecule has 0 saturated heterocycles. The number of esters is 1. The van der Waals surface area contributed by atoms with Crippen LogP contribution in [0.1, 0.15) is 30.3 Å². The number of rotatable bonds is 5. The van der Waals surface area contributed by atoms with Crippen LogP contribution in [-0.4, -0.2) is 24.7 Å². The van der Waals surface area contributed by atoms with Crippen LogP contribution in [0, 0.1) is 11.3 Å². The predicted molar refractivity (Wildman–Crippen MR) is 60.8 cm³/mol. The number of carbonyl (C=O) groups excluding carboxylic acids is 1. The Morgan fingerprint density at radius 1 is 1.58 bits per heavy atom. The van der Waals surface area contributed by atoms with Crippen molar-refractivity contribution < 1.29 is 23.0 Å². The molecule has 0 aliphatic carbocycles. The van der Waals surface area contributed by atoms with Crippen LogP contribution in [0.4, 0.5) is 8.78 Å². The molecule has 1 aromatic rings. The molecule has 0 atom stereocenters. The van der Waals surface area contributed by atoms with Gasteiger partial charge in [0.15, 0.2) is 5.69 Å². The third-order valence-corrected chi connectivity index (χ3v) is 2.25. The summed E-state index contributed by atoms with van der Waals surface area (Å²) in [6.07, 6.45) is -3.09. The summed E-state index contributed by atoms with van der Waals surface area (Å²) in [4.78, 5) is 15.0. The van der Waals surface area contributed by atoms with Crippen molar-refractivity contribution >= 4 is 5.97 Å². The molecule has 0 N–H and O–H groups in total. The summed E-state index contributed by atoms with van der Waals surface area (Å²) in [5, 5.41) is 8.83. The fraction of sp³-hybridized carbons (Fsp3) is 0.417. The minimum atomic E-state index is -2.88. The van der Waals surface area contributed by atoms with Gasteiger partial charge < -0.3 is 9.47 Å². The monoisotopic (exact) mass is 270 g/mol. The Labute approximate surface area is 108 Å². The van der Waals surface area contributed by atoms with Crippen LogP contribution in [0.3, 0.4) is 0 Å². The van der Waals surface area contributed by atoms with E-state index in [1.165, 1.54) is 13.2 Å². The van der Waals surface area contributed by atoms with E-state index in [0.717, 1.165) is 0 Å². The topological polar surface area (TPSA) is 72.2 Å². The van der Waals surface area contributed by atoms with Crippen molar-refractivity contribution in [1.82, 2.24) is 4.98 Å². The van der Waals surface area contributed by atoms with Crippen LogP contribution in [0.2, 0.25) is 0 Å². The Bertz CT molecular complexity index is 512. The maximum atomic E-state index is 12.8. The van der Waals surface area contributed by atoms with Gasteiger partial charge in [-0.25, -0.2) is 13.8 Å². The molecule has 0 saturated carbocycles. The smallest absolute Gasteiger partial charge is 0.311 e. The minimum absolute atomic E-state index is 0.149. The summed E-state index contributed by atoms with van der Waals surface area (Å²) in [6.45, 7) is 1.85. The lowest BCUT2D eigenvalue weighted by Crippen LogP contribution is -2.11. The standard InChI is InChI=1S/C12H12F2N2O3/c1-3-19-10(17)5-7-4-9(18-2)11(12(13)14)8(6-15)16-7/h4,12H,3,5H2,1-2H3. The van der Waals surface area contributed by atoms with Gasteiger partial charge in [-0.1, -0.05) is 0 Å². The zero-order chi connectivity index (χ0) is 14.4. The van der Waals surface area contributed by atoms with E-state index >= 15 is 0 Å². The van der Waals surface area contributed by atoms with Crippen molar-refractivity contribution in [3.63, 3.8) is 0 Å². The predicted octanol–water partition coefficient (Wildman–Crippen LogP) is 2.01. The summed E-state index contributed by atoms with van der Waals surface area (Å²) in [6, 6.07) is 2.78. The number of alkyl halides is 2. The summed E-state index contributed by atoms with van der Waals surface area (Å²) >= 11 is 0. The highest BCUT2D eigenvalue weighted by atomic mass is 19.3. The Morgan fingerprint density at radius 3 is 2.74 bits per heavy atom. The fourth-order valence-electron chi connectivity index (χ4n) is 1.50. The Morgan fingerprint density at radius 2 is 2.26 bits per heavy atom. The van der Waals surface area contributed by atoms with Crippen LogP contribution in [-0.2, 0) is 16.0 Å². The first-order chi connectivity index (χ1) is 9.03. The largest absolute Gasteiger partial charge is 0.496 e. The molecule has 1 rings (SSSR count). The minimum Gasteiger partial charge on any atom is -0.496 e. The van der Waals surface area contributed by atoms with Crippen LogP contribution in [0.25, 0.3) is 0 Å². The molecular weight excluding hydrogens is 258 g/mol. The second-order valence-electron chi connectivity index (χ2n) is 3.47. The van der Waals surface area contributed by atoms with E-state index in [2.05, 4.69) is 4.98 Å². The van der Waals surface area contributed by atoms with E-state index in [-0.39, 0.29) is 24.5 Å². The van der Waals surface area contributed by atoms with Crippen molar-refractivity contribution in [2.24, 2.45) is 0 Å². The van der Waals surface area contributed by atoms with Gasteiger partial charge in [-0.3, -0.25) is 4.79 Å². The summed E-state index contributed by atoms with van der Waals surface area (Å²) in [7, 11) is 1.20. The number of nitrogens with zero attached hydrogens (tertiary/aromatic N) is 2. The Kier molecular flexibility index (Phi) is 5.18. The van der Waals surface area contributed by atoms with Crippen molar-refractivity contribution in [1.29, 1.82) is 5.26 Å². The lowest BCUT2D eigenvalue weighted by Gasteiger charge is -2.11. The quantitative estimate of drug-likeness (QED) is 0.765. The third-order valence-electron chi connectivity index (χ3n) is 2.25. The van der Waals surface area contributed by atoms with E-state index in [4.69, 9.17) is 14.7 Å². The molecular formula is C12H12F2N2O3. The molecule has 0 aromatic carbocycles. The van der Waals surface area contributed by atoms with Gasteiger partial charge in [0.05, 0.1) is 31.4 Å². The number of nitriles is 1. The molecule has 0 amide bonds. The van der Waals surface area contributed by atoms with Crippen LogP contribution in [0.15, 0.2) is 6.07 Å². The maximum Gasteiger partial charge on any atom is 0.311 e. The maximum absolute atomic E-state index is 12.8. The Hall–Kier alpha value is -2.23. The second kappa shape index (κ2) is 6.64. The van der Waals surface area contributed by atoms with E-state index in [1.54, 1.807) is 13.0 Å². The van der Waals surface area contributed by atoms with Crippen LogP contribution in [0.5, 0.6) is 5.75 Å². The molecule has 0 spiro atoms. The number of hydrogen-bond acceptors (Lipinski definition) is 5. The van der Waals surface area contributed by atoms with E-state index in [1.807, 2.05) is 0 Å². The van der Waals surface area contributed by atoms with Gasteiger partial charge in [-0.15, -0.1) is 0 Å². The second-order valence-corrected chi connectivity index (χ2v) is 3.47. The molecule has 0 aliphatic heterocycles. The number of pyridine rings is 1. The zero-order valence-corrected chi connectivity index (χ0v) is 10.4. The summed E-state index contributed by atoms with van der Waals surface area (Å²) < 4.78 is 35.2. The van der Waals surface area contributed by atoms with E-state index < -0.39 is 23.7 Å². The number of methoxy groups -OCH3 is 1. The molecule has 0 fully saturated rings. The molecule has 7 heteroatoms. The molecule has 5 nitrogen and oxygen atoms in total. The molecule has 0 radical (unpaired) electrons. The fourth-order valence-corrected chi connectivity index (χ4v) is 1.50. The number of aromatic nitrogens is 1. The third kappa shape index (κ3) is 3.61. The first kappa shape index (κ1) is 14.8. The van der Waals surface area contributed by atoms with Crippen molar-refractivity contribution in [3.8, 4) is 11.8 Å². The van der Waals surface area contributed by atoms with E-state index in [0.29, 0.717) is 0 Å². The van der Waals surface area contributed by atoms with Crippen molar-refractivity contribution in [2.45, 2.75) is 19.8 Å². The van der Waals surface area contributed by atoms with Gasteiger partial charge in [0, 0.05) is 6.07 Å². The van der Waals surface area contributed by atoms with Gasteiger partial charge in [0.1, 0.15) is 11.8 Å². The number of ether oxygens (including phenoxy) is 2. The van der Waals surface area contributed by atoms with Gasteiger partial charge >= 0.3 is 5.97 Å². The molecule has 19 heavy (non-hydrogen) atoms. The first-order valence-corrected chi connectivity index (χ1v) is 5.45. The van der Waals surface area contributed by atoms with Gasteiger partial charge in [0.2, 0.25) is 0 Å². The van der Waals surface area contributed by atoms with Crippen molar-refractivity contribution in [2.75, 3.05) is 13.7 Å². The molecule has 1 heterocycles. The lowest BCUT2D eigenvalue weighted by molar-refractivity contribution is -0.142. The molecule has 0 aliphatic rings. The number of carbonyl (C=O) groups is 1. The SMILES string of the molecule is CCOC(=O)Cc1cc(OC)c(C(F)F)c(C#N)n1. The first-order valence-electron chi connectivity index (χ1n) is 5.45. The molecule has 1 aromatic heterocycles. The summed E-state index contributed by atoms with van der Waals surface area (Å²) in [5.74, 6) is -0.716. The normalized spacial score (nSPS) is 10.1. The molecule has 0 bridgehead atoms. The highest BCUT2D eigenvalue weighted by Crippen LogP contribution is 2.31. The molecule has 0 unspecified atom stereocenters. The average molecular weight is 270 g/mol. The summed E-state index contributed by atoms with van der Waals surface area (Å²) in [5.41, 5.74) is -0.873. The average Bonchev–Trinajstić information content (AvgIpc) is 2.37. The molecule has 102 valence electrons. The van der Waals surface area contributed by atoms with Gasteiger partial charge in [-0.05, 0) is 6.92 Å². The Balaban J connectivity index is 3.17. The van der Waals surface area contributed by atoms with E-state index in [9.17, 15) is 13.6 Å². The number of halogens is 2. The number of hydrogen-bond donors (Lipinski definition) is 0. The van der Waals surface area contributed by atoms with Crippen LogP contribution < -0.4 is 4.74 Å². The highest BCUT2D eigenvalue weighted by Gasteiger charge is 2.22. The zero-order valence-electron chi connectivity index (χ0n) is 10.4. The van der Waals surface area contributed by atoms with Crippen LogP contribution >= 0.6 is 0 Å². The van der Waals surface area contributed by atoms with Gasteiger partial charge in [0.25, 0.3) is 6.43 Å². The van der Waals surface area contributed by atoms with Crippen molar-refractivity contribution in [3.05, 3.63) is 23.0 Å². The highest BCUT2D eigenvalue weighted by molar-refractivity contribution is 5.72.